The second-order valence-electron chi connectivity index (χ2n) is 4.13. The summed E-state index contributed by atoms with van der Waals surface area (Å²) in [4.78, 5) is 0. The number of anilines is 1. The predicted octanol–water partition coefficient (Wildman–Crippen LogP) is 1.80. The predicted molar refractivity (Wildman–Crippen MR) is 66.9 cm³/mol. The van der Waals surface area contributed by atoms with Gasteiger partial charge in [-0.1, -0.05) is 19.9 Å². The molecule has 1 aromatic carbocycles. The highest BCUT2D eigenvalue weighted by Gasteiger charge is 2.17. The van der Waals surface area contributed by atoms with E-state index in [2.05, 4.69) is 4.72 Å². The normalized spacial score (nSPS) is 11.5. The molecule has 0 fully saturated rings. The summed E-state index contributed by atoms with van der Waals surface area (Å²) in [5.41, 5.74) is 0.0793. The van der Waals surface area contributed by atoms with Gasteiger partial charge in [0.25, 0.3) is 0 Å². The number of hydrogen-bond donors (Lipinski definition) is 2. The van der Waals surface area contributed by atoms with Gasteiger partial charge < -0.3 is 9.84 Å². The lowest BCUT2D eigenvalue weighted by atomic mass is 10.3. The summed E-state index contributed by atoms with van der Waals surface area (Å²) < 4.78 is 30.8. The van der Waals surface area contributed by atoms with Crippen LogP contribution in [0.3, 0.4) is 0 Å². The van der Waals surface area contributed by atoms with Crippen LogP contribution in [0.5, 0.6) is 11.5 Å². The average molecular weight is 259 g/mol. The molecule has 1 rings (SSSR count). The van der Waals surface area contributed by atoms with Crippen molar-refractivity contribution in [1.29, 1.82) is 0 Å². The maximum absolute atomic E-state index is 11.8. The van der Waals surface area contributed by atoms with Crippen molar-refractivity contribution < 1.29 is 18.3 Å². The molecule has 0 aliphatic heterocycles. The molecule has 0 aromatic heterocycles. The summed E-state index contributed by atoms with van der Waals surface area (Å²) in [6, 6.07) is 4.55. The fraction of sp³-hybridized carbons (Fsp3) is 0.455. The van der Waals surface area contributed by atoms with Gasteiger partial charge in [-0.05, 0) is 18.1 Å². The van der Waals surface area contributed by atoms with Gasteiger partial charge in [-0.15, -0.1) is 0 Å². The molecular weight excluding hydrogens is 242 g/mol. The van der Waals surface area contributed by atoms with E-state index in [1.165, 1.54) is 13.2 Å². The maximum atomic E-state index is 11.8. The van der Waals surface area contributed by atoms with Crippen molar-refractivity contribution in [3.8, 4) is 11.5 Å². The second kappa shape index (κ2) is 5.27. The third kappa shape index (κ3) is 3.81. The van der Waals surface area contributed by atoms with E-state index in [1.807, 2.05) is 0 Å². The number of phenolic OH excluding ortho intramolecular Hbond substituents is 1. The van der Waals surface area contributed by atoms with Gasteiger partial charge in [0, 0.05) is 0 Å². The number of phenols is 1. The molecule has 0 atom stereocenters. The number of para-hydroxylation sites is 1. The molecule has 0 radical (unpaired) electrons. The number of rotatable bonds is 5. The monoisotopic (exact) mass is 259 g/mol. The van der Waals surface area contributed by atoms with Crippen LogP contribution in [-0.4, -0.2) is 26.4 Å². The van der Waals surface area contributed by atoms with E-state index in [4.69, 9.17) is 4.74 Å². The fourth-order valence-electron chi connectivity index (χ4n) is 1.43. The highest BCUT2D eigenvalue weighted by molar-refractivity contribution is 7.92. The molecule has 0 spiro atoms. The van der Waals surface area contributed by atoms with Gasteiger partial charge >= 0.3 is 0 Å². The Balaban J connectivity index is 3.03. The van der Waals surface area contributed by atoms with Crippen molar-refractivity contribution >= 4 is 15.7 Å². The summed E-state index contributed by atoms with van der Waals surface area (Å²) >= 11 is 0. The lowest BCUT2D eigenvalue weighted by Gasteiger charge is -2.14. The number of nitrogens with one attached hydrogen (secondary N) is 1. The Labute approximate surface area is 101 Å². The number of ether oxygens (including phenoxy) is 1. The van der Waals surface area contributed by atoms with Gasteiger partial charge in [0.1, 0.15) is 17.2 Å². The SMILES string of the molecule is COc1cccc(O)c1NS(=O)(=O)CC(C)C. The Kier molecular flexibility index (Phi) is 4.22. The Morgan fingerprint density at radius 3 is 2.59 bits per heavy atom. The van der Waals surface area contributed by atoms with Crippen molar-refractivity contribution in [3.05, 3.63) is 18.2 Å². The molecular formula is C11H17NO4S. The molecule has 5 nitrogen and oxygen atoms in total. The lowest BCUT2D eigenvalue weighted by molar-refractivity contribution is 0.411. The molecule has 2 N–H and O–H groups in total. The van der Waals surface area contributed by atoms with Crippen molar-refractivity contribution in [2.24, 2.45) is 5.92 Å². The molecule has 0 bridgehead atoms. The summed E-state index contributed by atoms with van der Waals surface area (Å²) in [6.45, 7) is 3.61. The van der Waals surface area contributed by atoms with Gasteiger partial charge in [0.05, 0.1) is 12.9 Å². The van der Waals surface area contributed by atoms with Gasteiger partial charge in [0.2, 0.25) is 10.0 Å². The number of sulfonamides is 1. The molecule has 0 aliphatic rings. The number of aromatic hydroxyl groups is 1. The first-order valence-electron chi connectivity index (χ1n) is 5.22. The first-order chi connectivity index (χ1) is 7.85. The minimum atomic E-state index is -3.48. The zero-order valence-corrected chi connectivity index (χ0v) is 10.9. The molecule has 0 aliphatic carbocycles. The minimum absolute atomic E-state index is 0.00403. The van der Waals surface area contributed by atoms with Crippen LogP contribution in [0.4, 0.5) is 5.69 Å². The van der Waals surface area contributed by atoms with E-state index in [1.54, 1.807) is 26.0 Å². The standard InChI is InChI=1S/C11H17NO4S/c1-8(2)7-17(14,15)12-11-9(13)5-4-6-10(11)16-3/h4-6,8,12-13H,7H2,1-3H3. The molecule has 0 saturated heterocycles. The Morgan fingerprint density at radius 1 is 1.41 bits per heavy atom. The molecule has 1 aromatic rings. The van der Waals surface area contributed by atoms with E-state index in [0.717, 1.165) is 0 Å². The molecule has 96 valence electrons. The highest BCUT2D eigenvalue weighted by Crippen LogP contribution is 2.34. The van der Waals surface area contributed by atoms with Gasteiger partial charge in [-0.3, -0.25) is 4.72 Å². The van der Waals surface area contributed by atoms with E-state index in [9.17, 15) is 13.5 Å². The van der Waals surface area contributed by atoms with Gasteiger partial charge in [-0.25, -0.2) is 8.42 Å². The smallest absolute Gasteiger partial charge is 0.233 e. The van der Waals surface area contributed by atoms with Crippen LogP contribution in [0.15, 0.2) is 18.2 Å². The average Bonchev–Trinajstić information content (AvgIpc) is 2.18. The van der Waals surface area contributed by atoms with Crippen LogP contribution in [0.1, 0.15) is 13.8 Å². The van der Waals surface area contributed by atoms with E-state index < -0.39 is 10.0 Å². The summed E-state index contributed by atoms with van der Waals surface area (Å²) in [5.74, 6) is 0.128. The third-order valence-corrected chi connectivity index (χ3v) is 3.66. The first kappa shape index (κ1) is 13.6. The Bertz CT molecular complexity index is 482. The lowest BCUT2D eigenvalue weighted by Crippen LogP contribution is -2.20. The molecule has 0 heterocycles. The van der Waals surface area contributed by atoms with Crippen LogP contribution < -0.4 is 9.46 Å². The highest BCUT2D eigenvalue weighted by atomic mass is 32.2. The minimum Gasteiger partial charge on any atom is -0.506 e. The van der Waals surface area contributed by atoms with Crippen LogP contribution in [0, 0.1) is 5.92 Å². The van der Waals surface area contributed by atoms with Crippen LogP contribution >= 0.6 is 0 Å². The van der Waals surface area contributed by atoms with Crippen LogP contribution in [0.2, 0.25) is 0 Å². The van der Waals surface area contributed by atoms with Gasteiger partial charge in [0.15, 0.2) is 0 Å². The fourth-order valence-corrected chi connectivity index (χ4v) is 2.91. The summed E-state index contributed by atoms with van der Waals surface area (Å²) in [7, 11) is -2.07. The molecule has 0 amide bonds. The van der Waals surface area contributed by atoms with Crippen molar-refractivity contribution in [1.82, 2.24) is 0 Å². The number of hydrogen-bond acceptors (Lipinski definition) is 4. The quantitative estimate of drug-likeness (QED) is 0.791. The molecule has 6 heteroatoms. The zero-order chi connectivity index (χ0) is 13.1. The second-order valence-corrected chi connectivity index (χ2v) is 5.90. The van der Waals surface area contributed by atoms with Gasteiger partial charge in [-0.2, -0.15) is 0 Å². The van der Waals surface area contributed by atoms with Crippen LogP contribution in [-0.2, 0) is 10.0 Å². The first-order valence-corrected chi connectivity index (χ1v) is 6.87. The van der Waals surface area contributed by atoms with E-state index in [-0.39, 0.29) is 28.9 Å². The van der Waals surface area contributed by atoms with Crippen molar-refractivity contribution in [3.63, 3.8) is 0 Å². The topological polar surface area (TPSA) is 75.6 Å². The number of benzene rings is 1. The molecule has 0 saturated carbocycles. The summed E-state index contributed by atoms with van der Waals surface area (Å²) in [5, 5.41) is 9.61. The third-order valence-electron chi connectivity index (χ3n) is 2.03. The molecule has 17 heavy (non-hydrogen) atoms. The summed E-state index contributed by atoms with van der Waals surface area (Å²) in [6.07, 6.45) is 0. The largest absolute Gasteiger partial charge is 0.506 e. The van der Waals surface area contributed by atoms with Crippen LogP contribution in [0.25, 0.3) is 0 Å². The Hall–Kier alpha value is -1.43. The van der Waals surface area contributed by atoms with Crippen molar-refractivity contribution in [2.75, 3.05) is 17.6 Å². The maximum Gasteiger partial charge on any atom is 0.233 e. The Morgan fingerprint density at radius 2 is 2.06 bits per heavy atom. The van der Waals surface area contributed by atoms with E-state index >= 15 is 0 Å². The van der Waals surface area contributed by atoms with E-state index in [0.29, 0.717) is 0 Å². The zero-order valence-electron chi connectivity index (χ0n) is 10.1. The number of methoxy groups -OCH3 is 1. The molecule has 0 unspecified atom stereocenters. The van der Waals surface area contributed by atoms with Crippen molar-refractivity contribution in [2.45, 2.75) is 13.8 Å².